The Kier molecular flexibility index (Phi) is 3.03. The number of ketones is 1. The SMILES string of the molecule is Cc1cc2c(c(N)c1C)OC1(CCC(C)CC1)CC2=O. The molecule has 1 spiro atoms. The lowest BCUT2D eigenvalue weighted by atomic mass is 9.74. The van der Waals surface area contributed by atoms with Crippen LogP contribution in [0.3, 0.4) is 0 Å². The van der Waals surface area contributed by atoms with Gasteiger partial charge in [-0.15, -0.1) is 0 Å². The summed E-state index contributed by atoms with van der Waals surface area (Å²) in [4.78, 5) is 12.5. The van der Waals surface area contributed by atoms with Crippen LogP contribution in [-0.4, -0.2) is 11.4 Å². The van der Waals surface area contributed by atoms with Gasteiger partial charge in [-0.25, -0.2) is 0 Å². The van der Waals surface area contributed by atoms with E-state index in [-0.39, 0.29) is 11.4 Å². The van der Waals surface area contributed by atoms with E-state index < -0.39 is 0 Å². The van der Waals surface area contributed by atoms with Crippen molar-refractivity contribution in [1.82, 2.24) is 0 Å². The third-order valence-corrected chi connectivity index (χ3v) is 5.13. The zero-order chi connectivity index (χ0) is 14.5. The maximum Gasteiger partial charge on any atom is 0.170 e. The molecule has 0 unspecified atom stereocenters. The first-order chi connectivity index (χ1) is 9.42. The lowest BCUT2D eigenvalue weighted by molar-refractivity contribution is 0.00458. The third-order valence-electron chi connectivity index (χ3n) is 5.13. The number of nitrogen functional groups attached to an aromatic ring is 1. The molecule has 2 N–H and O–H groups in total. The minimum atomic E-state index is -0.299. The molecule has 3 heteroatoms. The first-order valence-electron chi connectivity index (χ1n) is 7.54. The topological polar surface area (TPSA) is 52.3 Å². The van der Waals surface area contributed by atoms with Crippen molar-refractivity contribution in [2.24, 2.45) is 5.92 Å². The monoisotopic (exact) mass is 273 g/mol. The van der Waals surface area contributed by atoms with Gasteiger partial charge in [0.2, 0.25) is 0 Å². The number of Topliss-reactive ketones (excluding diaryl/α,β-unsaturated/α-hetero) is 1. The largest absolute Gasteiger partial charge is 0.484 e. The standard InChI is InChI=1S/C17H23NO2/c1-10-4-6-17(7-5-10)9-14(19)13-8-11(2)12(3)15(18)16(13)20-17/h8,10H,4-7,9,18H2,1-3H3. The molecule has 20 heavy (non-hydrogen) atoms. The van der Waals surface area contributed by atoms with Crippen LogP contribution in [0.4, 0.5) is 5.69 Å². The Balaban J connectivity index is 2.02. The second-order valence-electron chi connectivity index (χ2n) is 6.68. The Morgan fingerprint density at radius 3 is 2.60 bits per heavy atom. The van der Waals surface area contributed by atoms with Gasteiger partial charge in [0.15, 0.2) is 11.5 Å². The second kappa shape index (κ2) is 4.51. The molecule has 1 aliphatic heterocycles. The third kappa shape index (κ3) is 2.00. The molecule has 0 radical (unpaired) electrons. The van der Waals surface area contributed by atoms with Crippen molar-refractivity contribution < 1.29 is 9.53 Å². The van der Waals surface area contributed by atoms with Crippen LogP contribution < -0.4 is 10.5 Å². The molecule has 0 bridgehead atoms. The van der Waals surface area contributed by atoms with Crippen molar-refractivity contribution in [2.75, 3.05) is 5.73 Å². The van der Waals surface area contributed by atoms with Gasteiger partial charge in [0.25, 0.3) is 0 Å². The zero-order valence-electron chi connectivity index (χ0n) is 12.6. The molecule has 1 saturated carbocycles. The Labute approximate surface area is 120 Å². The minimum absolute atomic E-state index is 0.190. The quantitative estimate of drug-likeness (QED) is 0.731. The van der Waals surface area contributed by atoms with E-state index in [2.05, 4.69) is 6.92 Å². The molecule has 0 atom stereocenters. The number of ether oxygens (including phenoxy) is 1. The summed E-state index contributed by atoms with van der Waals surface area (Å²) in [6.07, 6.45) is 4.70. The van der Waals surface area contributed by atoms with E-state index in [0.29, 0.717) is 23.4 Å². The smallest absolute Gasteiger partial charge is 0.170 e. The van der Waals surface area contributed by atoms with Crippen molar-refractivity contribution in [3.63, 3.8) is 0 Å². The molecule has 3 nitrogen and oxygen atoms in total. The Morgan fingerprint density at radius 1 is 1.30 bits per heavy atom. The molecule has 3 rings (SSSR count). The number of nitrogens with two attached hydrogens (primary N) is 1. The maximum absolute atomic E-state index is 12.5. The molecule has 0 saturated heterocycles. The maximum atomic E-state index is 12.5. The molecule has 1 aliphatic carbocycles. The lowest BCUT2D eigenvalue weighted by Gasteiger charge is -2.42. The van der Waals surface area contributed by atoms with E-state index in [1.165, 1.54) is 0 Å². The van der Waals surface area contributed by atoms with Gasteiger partial charge in [-0.2, -0.15) is 0 Å². The number of fused-ring (bicyclic) bond motifs is 1. The van der Waals surface area contributed by atoms with Crippen LogP contribution in [0.2, 0.25) is 0 Å². The number of hydrogen-bond acceptors (Lipinski definition) is 3. The number of aryl methyl sites for hydroxylation is 1. The van der Waals surface area contributed by atoms with Gasteiger partial charge < -0.3 is 10.5 Å². The fourth-order valence-electron chi connectivity index (χ4n) is 3.44. The number of carbonyl (C=O) groups is 1. The molecule has 2 aliphatic rings. The first-order valence-corrected chi connectivity index (χ1v) is 7.54. The molecule has 1 heterocycles. The number of anilines is 1. The van der Waals surface area contributed by atoms with Crippen LogP contribution in [0.1, 0.15) is 60.5 Å². The molecule has 108 valence electrons. The molecule has 1 aromatic carbocycles. The van der Waals surface area contributed by atoms with Crippen LogP contribution in [0.25, 0.3) is 0 Å². The lowest BCUT2D eigenvalue weighted by Crippen LogP contribution is -2.45. The van der Waals surface area contributed by atoms with E-state index in [1.807, 2.05) is 19.9 Å². The van der Waals surface area contributed by atoms with Crippen LogP contribution in [0.15, 0.2) is 6.07 Å². The average Bonchev–Trinajstić information content (AvgIpc) is 2.42. The Morgan fingerprint density at radius 2 is 1.95 bits per heavy atom. The average molecular weight is 273 g/mol. The fraction of sp³-hybridized carbons (Fsp3) is 0.588. The number of hydrogen-bond donors (Lipinski definition) is 1. The first kappa shape index (κ1) is 13.5. The van der Waals surface area contributed by atoms with Crippen molar-refractivity contribution in [1.29, 1.82) is 0 Å². The van der Waals surface area contributed by atoms with Crippen LogP contribution >= 0.6 is 0 Å². The molecular formula is C17H23NO2. The summed E-state index contributed by atoms with van der Waals surface area (Å²) in [5, 5.41) is 0. The normalized spacial score (nSPS) is 29.1. The molecular weight excluding hydrogens is 250 g/mol. The van der Waals surface area contributed by atoms with Gasteiger partial charge >= 0.3 is 0 Å². The predicted octanol–water partition coefficient (Wildman–Crippen LogP) is 3.80. The minimum Gasteiger partial charge on any atom is -0.484 e. The molecule has 0 amide bonds. The van der Waals surface area contributed by atoms with E-state index in [0.717, 1.165) is 42.7 Å². The van der Waals surface area contributed by atoms with E-state index in [4.69, 9.17) is 10.5 Å². The van der Waals surface area contributed by atoms with Crippen molar-refractivity contribution in [3.8, 4) is 5.75 Å². The summed E-state index contributed by atoms with van der Waals surface area (Å²) in [6, 6.07) is 1.93. The number of carbonyl (C=O) groups excluding carboxylic acids is 1. The summed E-state index contributed by atoms with van der Waals surface area (Å²) < 4.78 is 6.30. The van der Waals surface area contributed by atoms with Crippen molar-refractivity contribution >= 4 is 11.5 Å². The molecule has 1 aromatic rings. The second-order valence-corrected chi connectivity index (χ2v) is 6.68. The van der Waals surface area contributed by atoms with E-state index in [9.17, 15) is 4.79 Å². The highest BCUT2D eigenvalue weighted by Crippen LogP contribution is 2.46. The van der Waals surface area contributed by atoms with Gasteiger partial charge in [0, 0.05) is 0 Å². The summed E-state index contributed by atoms with van der Waals surface area (Å²) in [6.45, 7) is 6.25. The van der Waals surface area contributed by atoms with Crippen molar-refractivity contribution in [3.05, 3.63) is 22.8 Å². The van der Waals surface area contributed by atoms with Crippen molar-refractivity contribution in [2.45, 2.75) is 58.5 Å². The Bertz CT molecular complexity index is 569. The molecule has 1 fully saturated rings. The van der Waals surface area contributed by atoms with E-state index in [1.54, 1.807) is 0 Å². The number of rotatable bonds is 0. The highest BCUT2D eigenvalue weighted by molar-refractivity contribution is 6.02. The summed E-state index contributed by atoms with van der Waals surface area (Å²) in [7, 11) is 0. The summed E-state index contributed by atoms with van der Waals surface area (Å²) in [5.41, 5.74) is 9.31. The van der Waals surface area contributed by atoms with Crippen LogP contribution in [0.5, 0.6) is 5.75 Å². The van der Waals surface area contributed by atoms with Gasteiger partial charge in [-0.3, -0.25) is 4.79 Å². The van der Waals surface area contributed by atoms with Gasteiger partial charge in [-0.05, 0) is 62.6 Å². The zero-order valence-corrected chi connectivity index (χ0v) is 12.6. The highest BCUT2D eigenvalue weighted by atomic mass is 16.5. The highest BCUT2D eigenvalue weighted by Gasteiger charge is 2.43. The van der Waals surface area contributed by atoms with Gasteiger partial charge in [0.05, 0.1) is 17.7 Å². The summed E-state index contributed by atoms with van der Waals surface area (Å²) >= 11 is 0. The van der Waals surface area contributed by atoms with E-state index >= 15 is 0 Å². The Hall–Kier alpha value is -1.51. The predicted molar refractivity (Wildman–Crippen MR) is 80.3 cm³/mol. The van der Waals surface area contributed by atoms with Crippen LogP contribution in [0, 0.1) is 19.8 Å². The molecule has 0 aromatic heterocycles. The number of benzene rings is 1. The van der Waals surface area contributed by atoms with Gasteiger partial charge in [-0.1, -0.05) is 6.92 Å². The fourth-order valence-corrected chi connectivity index (χ4v) is 3.44. The summed E-state index contributed by atoms with van der Waals surface area (Å²) in [5.74, 6) is 1.56. The van der Waals surface area contributed by atoms with Crippen LogP contribution in [-0.2, 0) is 0 Å². The van der Waals surface area contributed by atoms with Gasteiger partial charge in [0.1, 0.15) is 5.60 Å².